The van der Waals surface area contributed by atoms with Crippen molar-refractivity contribution in [2.75, 3.05) is 39.9 Å². The van der Waals surface area contributed by atoms with Gasteiger partial charge in [-0.05, 0) is 75.6 Å². The number of allylic oxidation sites excluding steroid dienone is 5. The van der Waals surface area contributed by atoms with E-state index in [0.717, 1.165) is 36.1 Å². The molecule has 226 valence electrons. The first kappa shape index (κ1) is 33.3. The van der Waals surface area contributed by atoms with Crippen molar-refractivity contribution in [1.82, 2.24) is 14.5 Å². The van der Waals surface area contributed by atoms with Crippen molar-refractivity contribution in [1.29, 1.82) is 0 Å². The SMILES string of the molecule is C=C/C(C)=C1C(=O)NC(c2cc(C(=O)[S+]([O-])N3CC(N(C)CCCO)C3)ccc2OCC)=C=C\C=C/1CC(=C)CCC. The fourth-order valence-electron chi connectivity index (χ4n) is 4.89. The number of amides is 1. The quantitative estimate of drug-likeness (QED) is 0.140. The third-order valence-electron chi connectivity index (χ3n) is 7.34. The number of likely N-dealkylation sites (N-methyl/N-ethyl adjacent to an activating group) is 1. The largest absolute Gasteiger partial charge is 0.590 e. The molecule has 1 unspecified atom stereocenters. The average Bonchev–Trinajstić information content (AvgIpc) is 2.93. The highest BCUT2D eigenvalue weighted by molar-refractivity contribution is 8.04. The maximum absolute atomic E-state index is 13.6. The highest BCUT2D eigenvalue weighted by atomic mass is 32.2. The first-order valence-corrected chi connectivity index (χ1v) is 15.5. The van der Waals surface area contributed by atoms with E-state index in [9.17, 15) is 14.1 Å². The number of nitrogens with zero attached hydrogens (tertiary/aromatic N) is 2. The number of aliphatic hydroxyl groups is 1. The zero-order chi connectivity index (χ0) is 30.8. The molecule has 1 saturated heterocycles. The van der Waals surface area contributed by atoms with E-state index < -0.39 is 16.5 Å². The average molecular weight is 594 g/mol. The molecule has 2 aliphatic heterocycles. The van der Waals surface area contributed by atoms with Crippen molar-refractivity contribution >= 4 is 28.1 Å². The lowest BCUT2D eigenvalue weighted by molar-refractivity contribution is -0.116. The van der Waals surface area contributed by atoms with E-state index in [2.05, 4.69) is 36.0 Å². The molecule has 1 aromatic carbocycles. The third-order valence-corrected chi connectivity index (χ3v) is 8.66. The van der Waals surface area contributed by atoms with Crippen LogP contribution in [-0.4, -0.2) is 75.8 Å². The zero-order valence-electron chi connectivity index (χ0n) is 25.2. The van der Waals surface area contributed by atoms with Crippen molar-refractivity contribution in [3.8, 4) is 5.75 Å². The minimum atomic E-state index is -1.86. The lowest BCUT2D eigenvalue weighted by Gasteiger charge is -2.41. The van der Waals surface area contributed by atoms with Crippen molar-refractivity contribution in [2.45, 2.75) is 52.5 Å². The molecule has 8 nitrogen and oxygen atoms in total. The third kappa shape index (κ3) is 8.22. The number of carbonyl (C=O) groups excluding carboxylic acids is 2. The second kappa shape index (κ2) is 15.9. The standard InChI is InChI=1S/C33H43N3O5S/c1-7-12-23(4)19-25-13-10-14-29(34-32(38)31(25)24(5)8-2)28-20-26(15-16-30(28)41-9-3)33(39)42(40)36-21-27(22-36)35(6)17-11-18-37/h8,10,13,15-16,20,27,37H,2,4,7,9,11-12,17-19,21-22H2,1,3,5-6H3,(H,34,38)/b25-13-,31-24+. The maximum Gasteiger partial charge on any atom is 0.380 e. The molecule has 1 aromatic rings. The minimum Gasteiger partial charge on any atom is -0.590 e. The molecule has 1 amide bonds. The molecule has 42 heavy (non-hydrogen) atoms. The van der Waals surface area contributed by atoms with Gasteiger partial charge in [0, 0.05) is 30.3 Å². The van der Waals surface area contributed by atoms with E-state index in [1.54, 1.807) is 34.7 Å². The fourth-order valence-corrected chi connectivity index (χ4v) is 6.07. The van der Waals surface area contributed by atoms with Crippen molar-refractivity contribution in [2.24, 2.45) is 0 Å². The van der Waals surface area contributed by atoms with Gasteiger partial charge >= 0.3 is 5.12 Å². The van der Waals surface area contributed by atoms with Crippen LogP contribution in [0.15, 0.2) is 77.6 Å². The first-order chi connectivity index (χ1) is 20.1. The Balaban J connectivity index is 1.93. The summed E-state index contributed by atoms with van der Waals surface area (Å²) in [5, 5.41) is 11.5. The second-order valence-electron chi connectivity index (χ2n) is 10.5. The van der Waals surface area contributed by atoms with Gasteiger partial charge in [0.25, 0.3) is 5.91 Å². The molecule has 0 radical (unpaired) electrons. The minimum absolute atomic E-state index is 0.120. The predicted octanol–water partition coefficient (Wildman–Crippen LogP) is 4.69. The molecule has 0 bridgehead atoms. The van der Waals surface area contributed by atoms with Crippen LogP contribution in [-0.2, 0) is 16.2 Å². The molecule has 1 fully saturated rings. The Hall–Kier alpha value is -3.17. The number of hydrogen-bond donors (Lipinski definition) is 2. The number of benzene rings is 1. The van der Waals surface area contributed by atoms with E-state index in [1.807, 2.05) is 27.0 Å². The molecule has 0 spiro atoms. The number of carbonyl (C=O) groups is 2. The normalized spacial score (nSPS) is 19.1. The molecule has 1 atom stereocenters. The Kier molecular flexibility index (Phi) is 12.6. The second-order valence-corrected chi connectivity index (χ2v) is 11.9. The summed E-state index contributed by atoms with van der Waals surface area (Å²) in [6.07, 6.45) is 8.33. The molecular weight excluding hydrogens is 550 g/mol. The van der Waals surface area contributed by atoms with Crippen LogP contribution < -0.4 is 10.1 Å². The summed E-state index contributed by atoms with van der Waals surface area (Å²) in [6, 6.07) is 5.04. The predicted molar refractivity (Wildman–Crippen MR) is 169 cm³/mol. The summed E-state index contributed by atoms with van der Waals surface area (Å²) in [6.45, 7) is 16.1. The molecule has 0 aromatic heterocycles. The van der Waals surface area contributed by atoms with E-state index in [-0.39, 0.29) is 24.1 Å². The van der Waals surface area contributed by atoms with Gasteiger partial charge < -0.3 is 24.6 Å². The van der Waals surface area contributed by atoms with Crippen LogP contribution in [0.1, 0.15) is 62.4 Å². The molecule has 0 saturated carbocycles. The van der Waals surface area contributed by atoms with E-state index in [0.29, 0.717) is 55.1 Å². The Morgan fingerprint density at radius 1 is 1.36 bits per heavy atom. The van der Waals surface area contributed by atoms with Crippen LogP contribution in [0.4, 0.5) is 0 Å². The number of rotatable bonds is 14. The van der Waals surface area contributed by atoms with Crippen molar-refractivity contribution in [3.05, 3.63) is 88.7 Å². The van der Waals surface area contributed by atoms with Gasteiger partial charge in [-0.15, -0.1) is 4.31 Å². The molecule has 9 heteroatoms. The van der Waals surface area contributed by atoms with Crippen LogP contribution in [0.3, 0.4) is 0 Å². The molecule has 0 aliphatic carbocycles. The summed E-state index contributed by atoms with van der Waals surface area (Å²) < 4.78 is 20.6. The number of ether oxygens (including phenoxy) is 1. The smallest absolute Gasteiger partial charge is 0.380 e. The molecule has 2 N–H and O–H groups in total. The summed E-state index contributed by atoms with van der Waals surface area (Å²) in [4.78, 5) is 29.1. The first-order valence-electron chi connectivity index (χ1n) is 14.4. The molecule has 2 heterocycles. The van der Waals surface area contributed by atoms with Gasteiger partial charge in [-0.25, -0.2) is 4.79 Å². The summed E-state index contributed by atoms with van der Waals surface area (Å²) >= 11 is -1.86. The number of hydrogen-bond acceptors (Lipinski definition) is 7. The van der Waals surface area contributed by atoms with Crippen LogP contribution in [0, 0.1) is 0 Å². The van der Waals surface area contributed by atoms with Gasteiger partial charge in [-0.3, -0.25) is 4.79 Å². The molecule has 2 aliphatic rings. The Labute approximate surface area is 253 Å². The Morgan fingerprint density at radius 3 is 2.74 bits per heavy atom. The number of aliphatic hydroxyl groups excluding tert-OH is 1. The lowest BCUT2D eigenvalue weighted by Crippen LogP contribution is -2.61. The highest BCUT2D eigenvalue weighted by Crippen LogP contribution is 2.31. The van der Waals surface area contributed by atoms with Crippen LogP contribution in [0.5, 0.6) is 5.75 Å². The van der Waals surface area contributed by atoms with Crippen LogP contribution in [0.2, 0.25) is 0 Å². The highest BCUT2D eigenvalue weighted by Gasteiger charge is 2.41. The Bertz CT molecular complexity index is 1320. The fraction of sp³-hybridized carbons (Fsp3) is 0.424. The van der Waals surface area contributed by atoms with Gasteiger partial charge in [-0.1, -0.05) is 50.0 Å². The van der Waals surface area contributed by atoms with Crippen LogP contribution in [0.25, 0.3) is 5.70 Å². The van der Waals surface area contributed by atoms with Gasteiger partial charge in [0.05, 0.1) is 31.0 Å². The van der Waals surface area contributed by atoms with Gasteiger partial charge in [0.15, 0.2) is 0 Å². The van der Waals surface area contributed by atoms with E-state index >= 15 is 0 Å². The van der Waals surface area contributed by atoms with Gasteiger partial charge in [-0.2, -0.15) is 0 Å². The zero-order valence-corrected chi connectivity index (χ0v) is 26.0. The topological polar surface area (TPSA) is 105 Å². The summed E-state index contributed by atoms with van der Waals surface area (Å²) in [7, 11) is 1.96. The van der Waals surface area contributed by atoms with Gasteiger partial charge in [0.2, 0.25) is 0 Å². The molecule has 3 rings (SSSR count). The van der Waals surface area contributed by atoms with E-state index in [1.165, 1.54) is 0 Å². The van der Waals surface area contributed by atoms with Gasteiger partial charge in [0.1, 0.15) is 17.1 Å². The van der Waals surface area contributed by atoms with Crippen molar-refractivity contribution in [3.63, 3.8) is 0 Å². The number of nitrogens with one attached hydrogen (secondary N) is 1. The summed E-state index contributed by atoms with van der Waals surface area (Å²) in [5.41, 5.74) is 7.33. The van der Waals surface area contributed by atoms with Crippen molar-refractivity contribution < 1.29 is 24.0 Å². The Morgan fingerprint density at radius 2 is 2.10 bits per heavy atom. The lowest BCUT2D eigenvalue weighted by atomic mass is 9.91. The monoisotopic (exact) mass is 593 g/mol. The maximum atomic E-state index is 13.6. The summed E-state index contributed by atoms with van der Waals surface area (Å²) in [5.74, 6) is 0.149. The van der Waals surface area contributed by atoms with Crippen LogP contribution >= 0.6 is 0 Å². The molecular formula is C33H43N3O5S. The van der Waals surface area contributed by atoms with E-state index in [4.69, 9.17) is 9.84 Å².